The number of rotatable bonds is 2. The average molecular weight is 229 g/mol. The molecule has 0 aromatic carbocycles. The topological polar surface area (TPSA) is 50.9 Å². The molecule has 0 amide bonds. The molecule has 0 fully saturated rings. The van der Waals surface area contributed by atoms with E-state index in [-0.39, 0.29) is 12.6 Å². The van der Waals surface area contributed by atoms with Crippen molar-refractivity contribution in [2.24, 2.45) is 0 Å². The molecule has 0 radical (unpaired) electrons. The largest absolute Gasteiger partial charge is 0.394 e. The molecule has 0 aliphatic carbocycles. The SMILES string of the molecule is OCC1CCCc2nc(-c3cccnc3)cn21. The highest BCUT2D eigenvalue weighted by Crippen LogP contribution is 2.27. The van der Waals surface area contributed by atoms with Crippen molar-refractivity contribution >= 4 is 0 Å². The maximum absolute atomic E-state index is 9.36. The molecule has 1 N–H and O–H groups in total. The molecule has 0 saturated carbocycles. The maximum atomic E-state index is 9.36. The molecule has 3 heterocycles. The number of hydrogen-bond acceptors (Lipinski definition) is 3. The average Bonchev–Trinajstić information content (AvgIpc) is 2.83. The molecule has 1 aliphatic rings. The Hall–Kier alpha value is -1.68. The van der Waals surface area contributed by atoms with Crippen molar-refractivity contribution in [2.75, 3.05) is 6.61 Å². The van der Waals surface area contributed by atoms with E-state index in [2.05, 4.69) is 14.5 Å². The number of aromatic nitrogens is 3. The Kier molecular flexibility index (Phi) is 2.65. The summed E-state index contributed by atoms with van der Waals surface area (Å²) in [6, 6.07) is 4.11. The van der Waals surface area contributed by atoms with Crippen LogP contribution in [-0.2, 0) is 6.42 Å². The highest BCUT2D eigenvalue weighted by Gasteiger charge is 2.21. The third-order valence-electron chi connectivity index (χ3n) is 3.31. The summed E-state index contributed by atoms with van der Waals surface area (Å²) in [7, 11) is 0. The lowest BCUT2D eigenvalue weighted by Gasteiger charge is -2.22. The fraction of sp³-hybridized carbons (Fsp3) is 0.385. The van der Waals surface area contributed by atoms with Gasteiger partial charge in [-0.25, -0.2) is 4.98 Å². The Morgan fingerprint density at radius 1 is 1.47 bits per heavy atom. The Morgan fingerprint density at radius 2 is 2.41 bits per heavy atom. The highest BCUT2D eigenvalue weighted by molar-refractivity contribution is 5.57. The minimum atomic E-state index is 0.190. The summed E-state index contributed by atoms with van der Waals surface area (Å²) in [5.74, 6) is 1.08. The van der Waals surface area contributed by atoms with E-state index in [4.69, 9.17) is 0 Å². The molecule has 0 spiro atoms. The van der Waals surface area contributed by atoms with Crippen molar-refractivity contribution in [1.29, 1.82) is 0 Å². The molecule has 17 heavy (non-hydrogen) atoms. The van der Waals surface area contributed by atoms with Gasteiger partial charge in [-0.2, -0.15) is 0 Å². The first kappa shape index (κ1) is 10.5. The van der Waals surface area contributed by atoms with Crippen molar-refractivity contribution in [1.82, 2.24) is 14.5 Å². The monoisotopic (exact) mass is 229 g/mol. The molecule has 0 saturated heterocycles. The second-order valence-corrected chi connectivity index (χ2v) is 4.42. The zero-order valence-corrected chi connectivity index (χ0v) is 9.58. The predicted octanol–water partition coefficient (Wildman–Crippen LogP) is 1.81. The van der Waals surface area contributed by atoms with Crippen LogP contribution in [0, 0.1) is 0 Å². The van der Waals surface area contributed by atoms with E-state index in [1.165, 1.54) is 0 Å². The van der Waals surface area contributed by atoms with Crippen LogP contribution in [0.1, 0.15) is 24.7 Å². The number of hydrogen-bond donors (Lipinski definition) is 1. The van der Waals surface area contributed by atoms with Crippen LogP contribution < -0.4 is 0 Å². The predicted molar refractivity (Wildman–Crippen MR) is 64.5 cm³/mol. The number of aliphatic hydroxyl groups is 1. The van der Waals surface area contributed by atoms with Crippen molar-refractivity contribution in [3.8, 4) is 11.3 Å². The van der Waals surface area contributed by atoms with Crippen molar-refractivity contribution < 1.29 is 5.11 Å². The first-order valence-electron chi connectivity index (χ1n) is 5.97. The van der Waals surface area contributed by atoms with Crippen LogP contribution in [-0.4, -0.2) is 26.2 Å². The van der Waals surface area contributed by atoms with E-state index in [1.807, 2.05) is 24.5 Å². The van der Waals surface area contributed by atoms with Gasteiger partial charge in [-0.3, -0.25) is 4.98 Å². The lowest BCUT2D eigenvalue weighted by Crippen LogP contribution is -2.20. The van der Waals surface area contributed by atoms with E-state index in [1.54, 1.807) is 6.20 Å². The standard InChI is InChI=1S/C13H15N3O/c17-9-11-4-1-5-13-15-12(8-16(11)13)10-3-2-6-14-7-10/h2-3,6-8,11,17H,1,4-5,9H2. The van der Waals surface area contributed by atoms with Gasteiger partial charge in [0.15, 0.2) is 0 Å². The van der Waals surface area contributed by atoms with E-state index in [0.29, 0.717) is 0 Å². The molecule has 4 nitrogen and oxygen atoms in total. The van der Waals surface area contributed by atoms with Crippen LogP contribution in [0.4, 0.5) is 0 Å². The molecule has 1 unspecified atom stereocenters. The van der Waals surface area contributed by atoms with E-state index < -0.39 is 0 Å². The van der Waals surface area contributed by atoms with Gasteiger partial charge < -0.3 is 9.67 Å². The molecule has 0 bridgehead atoms. The van der Waals surface area contributed by atoms with Crippen LogP contribution in [0.2, 0.25) is 0 Å². The molecular formula is C13H15N3O. The molecule has 4 heteroatoms. The van der Waals surface area contributed by atoms with Gasteiger partial charge in [-0.15, -0.1) is 0 Å². The molecule has 3 rings (SSSR count). The van der Waals surface area contributed by atoms with E-state index in [0.717, 1.165) is 36.3 Å². The quantitative estimate of drug-likeness (QED) is 0.854. The number of imidazole rings is 1. The summed E-state index contributed by atoms with van der Waals surface area (Å²) in [5, 5.41) is 9.36. The van der Waals surface area contributed by atoms with Gasteiger partial charge in [0.2, 0.25) is 0 Å². The number of nitrogens with zero attached hydrogens (tertiary/aromatic N) is 3. The second kappa shape index (κ2) is 4.30. The van der Waals surface area contributed by atoms with Crippen LogP contribution in [0.3, 0.4) is 0 Å². The molecular weight excluding hydrogens is 214 g/mol. The second-order valence-electron chi connectivity index (χ2n) is 4.42. The van der Waals surface area contributed by atoms with Gasteiger partial charge >= 0.3 is 0 Å². The van der Waals surface area contributed by atoms with Gasteiger partial charge in [0.05, 0.1) is 18.3 Å². The summed E-state index contributed by atoms with van der Waals surface area (Å²) in [6.07, 6.45) is 8.75. The van der Waals surface area contributed by atoms with Crippen LogP contribution in [0.25, 0.3) is 11.3 Å². The van der Waals surface area contributed by atoms with Crippen LogP contribution in [0.15, 0.2) is 30.7 Å². The van der Waals surface area contributed by atoms with Crippen LogP contribution in [0.5, 0.6) is 0 Å². The normalized spacial score (nSPS) is 19.0. The summed E-state index contributed by atoms with van der Waals surface area (Å²) in [5.41, 5.74) is 1.99. The maximum Gasteiger partial charge on any atom is 0.109 e. The lowest BCUT2D eigenvalue weighted by molar-refractivity contribution is 0.206. The molecule has 88 valence electrons. The van der Waals surface area contributed by atoms with Gasteiger partial charge in [-0.1, -0.05) is 0 Å². The zero-order valence-electron chi connectivity index (χ0n) is 9.58. The summed E-state index contributed by atoms with van der Waals surface area (Å²) < 4.78 is 2.12. The first-order chi connectivity index (χ1) is 8.38. The van der Waals surface area contributed by atoms with Crippen molar-refractivity contribution in [3.63, 3.8) is 0 Å². The number of fused-ring (bicyclic) bond motifs is 1. The summed E-state index contributed by atoms with van der Waals surface area (Å²) in [4.78, 5) is 8.74. The highest BCUT2D eigenvalue weighted by atomic mass is 16.3. The number of aliphatic hydroxyl groups excluding tert-OH is 1. The summed E-state index contributed by atoms with van der Waals surface area (Å²) >= 11 is 0. The zero-order chi connectivity index (χ0) is 11.7. The van der Waals surface area contributed by atoms with Crippen molar-refractivity contribution in [3.05, 3.63) is 36.5 Å². The van der Waals surface area contributed by atoms with Gasteiger partial charge in [0.25, 0.3) is 0 Å². The number of aryl methyl sites for hydroxylation is 1. The third kappa shape index (κ3) is 1.85. The van der Waals surface area contributed by atoms with Crippen molar-refractivity contribution in [2.45, 2.75) is 25.3 Å². The Balaban J connectivity index is 2.02. The fourth-order valence-electron chi connectivity index (χ4n) is 2.40. The Morgan fingerprint density at radius 3 is 3.18 bits per heavy atom. The third-order valence-corrected chi connectivity index (χ3v) is 3.31. The molecule has 1 atom stereocenters. The lowest BCUT2D eigenvalue weighted by atomic mass is 10.1. The van der Waals surface area contributed by atoms with Crippen LogP contribution >= 0.6 is 0 Å². The number of pyridine rings is 1. The molecule has 2 aromatic rings. The van der Waals surface area contributed by atoms with Gasteiger partial charge in [0, 0.05) is 30.6 Å². The van der Waals surface area contributed by atoms with Gasteiger partial charge in [0.1, 0.15) is 5.82 Å². The fourth-order valence-corrected chi connectivity index (χ4v) is 2.40. The Bertz CT molecular complexity index is 507. The van der Waals surface area contributed by atoms with Gasteiger partial charge in [-0.05, 0) is 25.0 Å². The van der Waals surface area contributed by atoms with E-state index in [9.17, 15) is 5.11 Å². The summed E-state index contributed by atoms with van der Waals surface area (Å²) in [6.45, 7) is 0.190. The molecule has 2 aromatic heterocycles. The smallest absolute Gasteiger partial charge is 0.109 e. The minimum Gasteiger partial charge on any atom is -0.394 e. The molecule has 1 aliphatic heterocycles. The first-order valence-corrected chi connectivity index (χ1v) is 5.97. The van der Waals surface area contributed by atoms with E-state index >= 15 is 0 Å². The Labute approximate surface area is 100.0 Å². The minimum absolute atomic E-state index is 0.190.